The average Bonchev–Trinajstić information content (AvgIpc) is 2.92. The largest absolute Gasteiger partial charge is 0.288 e. The second-order valence-electron chi connectivity index (χ2n) is 5.11. The minimum absolute atomic E-state index is 0.335. The van der Waals surface area contributed by atoms with Crippen molar-refractivity contribution in [1.82, 2.24) is 4.57 Å². The molecule has 0 bridgehead atoms. The maximum atomic E-state index is 12.5. The molecule has 0 saturated carbocycles. The number of aromatic nitrogens is 1. The van der Waals surface area contributed by atoms with E-state index in [0.717, 1.165) is 5.69 Å². The van der Waals surface area contributed by atoms with Crippen LogP contribution < -0.4 is 4.80 Å². The van der Waals surface area contributed by atoms with Gasteiger partial charge in [-0.25, -0.2) is 0 Å². The van der Waals surface area contributed by atoms with Crippen LogP contribution in [-0.4, -0.2) is 10.5 Å². The highest BCUT2D eigenvalue weighted by Gasteiger charge is 2.14. The number of aryl methyl sites for hydroxylation is 1. The Labute approximate surface area is 168 Å². The van der Waals surface area contributed by atoms with Crippen molar-refractivity contribution >= 4 is 63.6 Å². The van der Waals surface area contributed by atoms with Crippen molar-refractivity contribution in [2.24, 2.45) is 4.99 Å². The van der Waals surface area contributed by atoms with Gasteiger partial charge < -0.3 is 0 Å². The standard InChI is InChI=1S/C17H10Cl4N2OS/c1-9-8-25-17(22-16(24)10-4-2-3-5-11(10)18)23(9)15-7-13(20)12(19)6-14(15)21/h2-8H,1H3. The number of rotatable bonds is 2. The minimum atomic E-state index is -0.433. The molecule has 0 unspecified atom stereocenters. The van der Waals surface area contributed by atoms with Crippen LogP contribution in [0.1, 0.15) is 16.1 Å². The smallest absolute Gasteiger partial charge is 0.281 e. The fourth-order valence-electron chi connectivity index (χ4n) is 2.23. The van der Waals surface area contributed by atoms with Gasteiger partial charge in [0.2, 0.25) is 0 Å². The molecule has 0 aliphatic rings. The first-order valence-corrected chi connectivity index (χ1v) is 9.43. The molecule has 3 aromatic rings. The number of hydrogen-bond donors (Lipinski definition) is 0. The van der Waals surface area contributed by atoms with E-state index in [0.29, 0.717) is 36.1 Å². The van der Waals surface area contributed by atoms with E-state index >= 15 is 0 Å². The van der Waals surface area contributed by atoms with Crippen molar-refractivity contribution in [3.05, 3.63) is 77.9 Å². The van der Waals surface area contributed by atoms with Crippen molar-refractivity contribution in [1.29, 1.82) is 0 Å². The van der Waals surface area contributed by atoms with E-state index in [1.165, 1.54) is 11.3 Å². The molecule has 0 radical (unpaired) electrons. The summed E-state index contributed by atoms with van der Waals surface area (Å²) in [5, 5.41) is 3.35. The van der Waals surface area contributed by atoms with Gasteiger partial charge in [-0.2, -0.15) is 4.99 Å². The monoisotopic (exact) mass is 430 g/mol. The van der Waals surface area contributed by atoms with Crippen molar-refractivity contribution < 1.29 is 4.79 Å². The van der Waals surface area contributed by atoms with Crippen LogP contribution in [0.25, 0.3) is 5.69 Å². The highest BCUT2D eigenvalue weighted by Crippen LogP contribution is 2.31. The lowest BCUT2D eigenvalue weighted by molar-refractivity contribution is 0.0998. The number of nitrogens with zero attached hydrogens (tertiary/aromatic N) is 2. The topological polar surface area (TPSA) is 34.4 Å². The van der Waals surface area contributed by atoms with Gasteiger partial charge >= 0.3 is 0 Å². The molecule has 3 nitrogen and oxygen atoms in total. The van der Waals surface area contributed by atoms with E-state index in [2.05, 4.69) is 4.99 Å². The van der Waals surface area contributed by atoms with Crippen LogP contribution >= 0.6 is 57.7 Å². The van der Waals surface area contributed by atoms with Gasteiger partial charge in [-0.1, -0.05) is 58.5 Å². The fraction of sp³-hybridized carbons (Fsp3) is 0.0588. The molecule has 0 N–H and O–H groups in total. The first kappa shape index (κ1) is 18.5. The van der Waals surface area contributed by atoms with Crippen LogP contribution in [0.2, 0.25) is 20.1 Å². The Balaban J connectivity index is 2.17. The summed E-state index contributed by atoms with van der Waals surface area (Å²) in [6.45, 7) is 1.88. The third kappa shape index (κ3) is 3.78. The number of thiazole rings is 1. The van der Waals surface area contributed by atoms with Crippen molar-refractivity contribution in [3.63, 3.8) is 0 Å². The quantitative estimate of drug-likeness (QED) is 0.444. The predicted molar refractivity (Wildman–Crippen MR) is 105 cm³/mol. The number of hydrogen-bond acceptors (Lipinski definition) is 2. The zero-order valence-electron chi connectivity index (χ0n) is 12.8. The molecule has 1 heterocycles. The molecule has 2 aromatic carbocycles. The fourth-order valence-corrected chi connectivity index (χ4v) is 3.94. The molecule has 8 heteroatoms. The van der Waals surface area contributed by atoms with Crippen molar-refractivity contribution in [2.75, 3.05) is 0 Å². The van der Waals surface area contributed by atoms with Crippen LogP contribution in [0.5, 0.6) is 0 Å². The third-order valence-corrected chi connectivity index (χ3v) is 5.71. The molecule has 25 heavy (non-hydrogen) atoms. The van der Waals surface area contributed by atoms with Crippen LogP contribution in [0, 0.1) is 6.92 Å². The van der Waals surface area contributed by atoms with E-state index in [4.69, 9.17) is 46.4 Å². The van der Waals surface area contributed by atoms with Crippen LogP contribution in [0.4, 0.5) is 0 Å². The second-order valence-corrected chi connectivity index (χ2v) is 7.57. The number of amides is 1. The van der Waals surface area contributed by atoms with Crippen LogP contribution in [0.3, 0.4) is 0 Å². The lowest BCUT2D eigenvalue weighted by Gasteiger charge is -2.10. The molecule has 0 atom stereocenters. The third-order valence-electron chi connectivity index (χ3n) is 3.41. The molecule has 128 valence electrons. The minimum Gasteiger partial charge on any atom is -0.288 e. The molecular weight excluding hydrogens is 422 g/mol. The van der Waals surface area contributed by atoms with Crippen LogP contribution in [-0.2, 0) is 0 Å². The Kier molecular flexibility index (Phi) is 5.56. The highest BCUT2D eigenvalue weighted by atomic mass is 35.5. The van der Waals surface area contributed by atoms with Crippen molar-refractivity contribution in [3.8, 4) is 5.69 Å². The summed E-state index contributed by atoms with van der Waals surface area (Å²) in [6, 6.07) is 9.97. The first-order chi connectivity index (χ1) is 11.9. The summed E-state index contributed by atoms with van der Waals surface area (Å²) in [6.07, 6.45) is 0. The van der Waals surface area contributed by atoms with E-state index < -0.39 is 5.91 Å². The number of carbonyl (C=O) groups excluding carboxylic acids is 1. The molecule has 0 aliphatic heterocycles. The number of carbonyl (C=O) groups is 1. The molecule has 3 rings (SSSR count). The number of benzene rings is 2. The first-order valence-electron chi connectivity index (χ1n) is 7.04. The number of halogens is 4. The van der Waals surface area contributed by atoms with Gasteiger partial charge in [0.25, 0.3) is 5.91 Å². The SMILES string of the molecule is Cc1csc(=NC(=O)c2ccccc2Cl)n1-c1cc(Cl)c(Cl)cc1Cl. The van der Waals surface area contributed by atoms with E-state index in [1.54, 1.807) is 41.0 Å². The molecule has 0 saturated heterocycles. The zero-order chi connectivity index (χ0) is 18.1. The molecule has 0 fully saturated rings. The van der Waals surface area contributed by atoms with Crippen molar-refractivity contribution in [2.45, 2.75) is 6.92 Å². The second kappa shape index (κ2) is 7.52. The van der Waals surface area contributed by atoms with Gasteiger partial charge in [0, 0.05) is 11.1 Å². The average molecular weight is 432 g/mol. The zero-order valence-corrected chi connectivity index (χ0v) is 16.6. The summed E-state index contributed by atoms with van der Waals surface area (Å²) in [5.74, 6) is -0.433. The van der Waals surface area contributed by atoms with Crippen LogP contribution in [0.15, 0.2) is 46.8 Å². The lowest BCUT2D eigenvalue weighted by Crippen LogP contribution is -2.17. The van der Waals surface area contributed by atoms with Gasteiger partial charge in [-0.05, 0) is 31.2 Å². The van der Waals surface area contributed by atoms with Gasteiger partial charge in [0.15, 0.2) is 4.80 Å². The summed E-state index contributed by atoms with van der Waals surface area (Å²) in [4.78, 5) is 17.2. The molecule has 1 amide bonds. The Bertz CT molecular complexity index is 1040. The lowest BCUT2D eigenvalue weighted by atomic mass is 10.2. The predicted octanol–water partition coefficient (Wildman–Crippen LogP) is 6.20. The van der Waals surface area contributed by atoms with E-state index in [9.17, 15) is 4.79 Å². The molecule has 1 aromatic heterocycles. The van der Waals surface area contributed by atoms with Gasteiger partial charge in [-0.3, -0.25) is 9.36 Å². The maximum absolute atomic E-state index is 12.5. The normalized spacial score (nSPS) is 11.8. The molecule has 0 aliphatic carbocycles. The van der Waals surface area contributed by atoms with Gasteiger partial charge in [0.1, 0.15) is 0 Å². The van der Waals surface area contributed by atoms with E-state index in [1.807, 2.05) is 12.3 Å². The summed E-state index contributed by atoms with van der Waals surface area (Å²) in [7, 11) is 0. The Hall–Kier alpha value is -1.30. The maximum Gasteiger partial charge on any atom is 0.281 e. The Morgan fingerprint density at radius 3 is 2.40 bits per heavy atom. The summed E-state index contributed by atoms with van der Waals surface area (Å²) < 4.78 is 1.75. The van der Waals surface area contributed by atoms with Gasteiger partial charge in [-0.15, -0.1) is 11.3 Å². The summed E-state index contributed by atoms with van der Waals surface area (Å²) >= 11 is 25.8. The Morgan fingerprint density at radius 2 is 1.68 bits per heavy atom. The Morgan fingerprint density at radius 1 is 1.00 bits per heavy atom. The van der Waals surface area contributed by atoms with Gasteiger partial charge in [0.05, 0.1) is 31.3 Å². The molecular formula is C17H10Cl4N2OS. The summed E-state index contributed by atoms with van der Waals surface area (Å²) in [5.41, 5.74) is 1.79. The van der Waals surface area contributed by atoms with E-state index in [-0.39, 0.29) is 0 Å². The highest BCUT2D eigenvalue weighted by molar-refractivity contribution is 7.07. The molecule has 0 spiro atoms.